The van der Waals surface area contributed by atoms with Crippen LogP contribution in [0.15, 0.2) is 34.9 Å². The molecule has 140 valence electrons. The molecule has 0 aliphatic heterocycles. The summed E-state index contributed by atoms with van der Waals surface area (Å²) in [5.41, 5.74) is 2.94. The van der Waals surface area contributed by atoms with Gasteiger partial charge in [0.1, 0.15) is 5.76 Å². The van der Waals surface area contributed by atoms with E-state index in [1.807, 2.05) is 44.2 Å². The largest absolute Gasteiger partial charge is 0.481 e. The average Bonchev–Trinajstić information content (AvgIpc) is 2.92. The Hall–Kier alpha value is -2.28. The van der Waals surface area contributed by atoms with Crippen LogP contribution in [0.5, 0.6) is 0 Å². The molecule has 1 unspecified atom stereocenters. The van der Waals surface area contributed by atoms with Crippen molar-refractivity contribution in [2.24, 2.45) is 0 Å². The number of amides is 1. The van der Waals surface area contributed by atoms with E-state index in [1.165, 1.54) is 11.8 Å². The van der Waals surface area contributed by atoms with Crippen molar-refractivity contribution in [3.8, 4) is 0 Å². The maximum absolute atomic E-state index is 12.3. The lowest BCUT2D eigenvalue weighted by Gasteiger charge is -2.18. The topological polar surface area (TPSA) is 92.4 Å². The lowest BCUT2D eigenvalue weighted by atomic mass is 10.0. The molecule has 26 heavy (non-hydrogen) atoms. The van der Waals surface area contributed by atoms with Crippen molar-refractivity contribution in [1.82, 2.24) is 10.5 Å². The summed E-state index contributed by atoms with van der Waals surface area (Å²) >= 11 is 1.49. The number of rotatable bonds is 10. The van der Waals surface area contributed by atoms with E-state index in [-0.39, 0.29) is 18.4 Å². The first-order chi connectivity index (χ1) is 12.5. The minimum absolute atomic E-state index is 0.0317. The highest BCUT2D eigenvalue weighted by Crippen LogP contribution is 2.19. The monoisotopic (exact) mass is 376 g/mol. The molecule has 2 aromatic rings. The van der Waals surface area contributed by atoms with Crippen LogP contribution in [-0.2, 0) is 21.8 Å². The van der Waals surface area contributed by atoms with Gasteiger partial charge in [0, 0.05) is 23.8 Å². The van der Waals surface area contributed by atoms with Gasteiger partial charge in [-0.25, -0.2) is 0 Å². The highest BCUT2D eigenvalue weighted by molar-refractivity contribution is 7.99. The Morgan fingerprint density at radius 1 is 1.27 bits per heavy atom. The number of carboxylic acids is 1. The van der Waals surface area contributed by atoms with Gasteiger partial charge in [0.2, 0.25) is 5.91 Å². The highest BCUT2D eigenvalue weighted by atomic mass is 32.2. The minimum atomic E-state index is -0.856. The summed E-state index contributed by atoms with van der Waals surface area (Å²) in [5, 5.41) is 15.8. The fraction of sp³-hybridized carbons (Fsp3) is 0.421. The van der Waals surface area contributed by atoms with Gasteiger partial charge >= 0.3 is 5.97 Å². The Morgan fingerprint density at radius 2 is 2.00 bits per heavy atom. The maximum atomic E-state index is 12.3. The molecule has 6 nitrogen and oxygen atoms in total. The molecule has 2 rings (SSSR count). The predicted octanol–water partition coefficient (Wildman–Crippen LogP) is 3.12. The summed E-state index contributed by atoms with van der Waals surface area (Å²) in [4.78, 5) is 23.1. The Morgan fingerprint density at radius 3 is 2.62 bits per heavy atom. The maximum Gasteiger partial charge on any atom is 0.303 e. The molecule has 7 heteroatoms. The molecule has 0 radical (unpaired) electrons. The number of carboxylic acid groups (broad SMARTS) is 1. The van der Waals surface area contributed by atoms with Crippen molar-refractivity contribution in [2.75, 3.05) is 5.75 Å². The molecular formula is C19H24N2O4S. The third kappa shape index (κ3) is 6.55. The van der Waals surface area contributed by atoms with Crippen LogP contribution in [0.3, 0.4) is 0 Å². The van der Waals surface area contributed by atoms with Crippen molar-refractivity contribution in [3.05, 3.63) is 52.9 Å². The van der Waals surface area contributed by atoms with Crippen molar-refractivity contribution >= 4 is 23.6 Å². The van der Waals surface area contributed by atoms with Crippen LogP contribution in [0, 0.1) is 13.8 Å². The van der Waals surface area contributed by atoms with E-state index in [0.29, 0.717) is 24.3 Å². The van der Waals surface area contributed by atoms with Gasteiger partial charge in [-0.2, -0.15) is 0 Å². The lowest BCUT2D eigenvalue weighted by molar-refractivity contribution is -0.137. The Bertz CT molecular complexity index is 711. The number of nitrogens with zero attached hydrogens (tertiary/aromatic N) is 1. The van der Waals surface area contributed by atoms with Gasteiger partial charge in [0.15, 0.2) is 0 Å². The van der Waals surface area contributed by atoms with E-state index in [0.717, 1.165) is 22.6 Å². The van der Waals surface area contributed by atoms with Crippen LogP contribution in [0.1, 0.15) is 35.4 Å². The van der Waals surface area contributed by atoms with Crippen LogP contribution < -0.4 is 5.32 Å². The van der Waals surface area contributed by atoms with E-state index in [9.17, 15) is 9.59 Å². The first-order valence-electron chi connectivity index (χ1n) is 8.50. The molecular weight excluding hydrogens is 352 g/mol. The third-order valence-corrected chi connectivity index (χ3v) is 5.02. The number of carbonyl (C=O) groups excluding carboxylic acids is 1. The van der Waals surface area contributed by atoms with Gasteiger partial charge in [0.05, 0.1) is 11.4 Å². The number of aryl methyl sites for hydroxylation is 2. The van der Waals surface area contributed by atoms with E-state index in [4.69, 9.17) is 9.63 Å². The summed E-state index contributed by atoms with van der Waals surface area (Å²) in [5.74, 6) is 0.798. The second-order valence-electron chi connectivity index (χ2n) is 6.18. The van der Waals surface area contributed by atoms with E-state index >= 15 is 0 Å². The molecule has 0 saturated heterocycles. The second-order valence-corrected chi connectivity index (χ2v) is 7.17. The Balaban J connectivity index is 1.85. The number of thioether (sulfide) groups is 1. The first kappa shape index (κ1) is 20.0. The van der Waals surface area contributed by atoms with Crippen LogP contribution in [-0.4, -0.2) is 33.9 Å². The second kappa shape index (κ2) is 10.0. The van der Waals surface area contributed by atoms with Crippen LogP contribution in [0.4, 0.5) is 0 Å². The summed E-state index contributed by atoms with van der Waals surface area (Å²) in [6.45, 7) is 3.74. The summed E-state index contributed by atoms with van der Waals surface area (Å²) < 4.78 is 5.12. The molecule has 0 bridgehead atoms. The highest BCUT2D eigenvalue weighted by Gasteiger charge is 2.16. The average molecular weight is 376 g/mol. The molecule has 0 saturated carbocycles. The van der Waals surface area contributed by atoms with E-state index in [2.05, 4.69) is 10.5 Å². The summed E-state index contributed by atoms with van der Waals surface area (Å²) in [6, 6.07) is 9.56. The molecule has 1 aromatic carbocycles. The number of nitrogens with one attached hydrogen (secondary N) is 1. The van der Waals surface area contributed by atoms with Crippen molar-refractivity contribution < 1.29 is 19.2 Å². The standard InChI is InChI=1S/C19H24N2O4S/c1-13-17(14(2)25-21-13)11-26-12-18(22)20-16(8-9-19(23)24)10-15-6-4-3-5-7-15/h3-7,16H,8-12H2,1-2H3,(H,20,22)(H,23,24). The van der Waals surface area contributed by atoms with Crippen molar-refractivity contribution in [3.63, 3.8) is 0 Å². The smallest absolute Gasteiger partial charge is 0.303 e. The fourth-order valence-corrected chi connectivity index (χ4v) is 3.63. The molecule has 1 aromatic heterocycles. The van der Waals surface area contributed by atoms with Crippen LogP contribution in [0.25, 0.3) is 0 Å². The molecule has 1 heterocycles. The third-order valence-electron chi connectivity index (χ3n) is 4.06. The first-order valence-corrected chi connectivity index (χ1v) is 9.65. The number of carbonyl (C=O) groups is 2. The molecule has 0 aliphatic carbocycles. The van der Waals surface area contributed by atoms with Gasteiger partial charge < -0.3 is 14.9 Å². The number of benzene rings is 1. The predicted molar refractivity (Wildman–Crippen MR) is 101 cm³/mol. The molecule has 1 atom stereocenters. The summed E-state index contributed by atoms with van der Waals surface area (Å²) in [6.07, 6.45) is 1.06. The number of hydrogen-bond donors (Lipinski definition) is 2. The van der Waals surface area contributed by atoms with Gasteiger partial charge in [-0.15, -0.1) is 11.8 Å². The zero-order valence-corrected chi connectivity index (χ0v) is 15.8. The van der Waals surface area contributed by atoms with Crippen LogP contribution >= 0.6 is 11.8 Å². The summed E-state index contributed by atoms with van der Waals surface area (Å²) in [7, 11) is 0. The van der Waals surface area contributed by atoms with Crippen molar-refractivity contribution in [2.45, 2.75) is 44.9 Å². The van der Waals surface area contributed by atoms with E-state index < -0.39 is 5.97 Å². The molecule has 0 fully saturated rings. The Labute approximate surface area is 157 Å². The molecule has 1 amide bonds. The van der Waals surface area contributed by atoms with Gasteiger partial charge in [-0.1, -0.05) is 35.5 Å². The number of aromatic nitrogens is 1. The number of hydrogen-bond acceptors (Lipinski definition) is 5. The normalized spacial score (nSPS) is 11.9. The Kier molecular flexibility index (Phi) is 7.72. The molecule has 0 spiro atoms. The minimum Gasteiger partial charge on any atom is -0.481 e. The number of aliphatic carboxylic acids is 1. The van der Waals surface area contributed by atoms with Gasteiger partial charge in [-0.3, -0.25) is 9.59 Å². The fourth-order valence-electron chi connectivity index (χ4n) is 2.64. The van der Waals surface area contributed by atoms with E-state index in [1.54, 1.807) is 0 Å². The quantitative estimate of drug-likeness (QED) is 0.662. The molecule has 2 N–H and O–H groups in total. The van der Waals surface area contributed by atoms with Crippen LogP contribution in [0.2, 0.25) is 0 Å². The SMILES string of the molecule is Cc1noc(C)c1CSCC(=O)NC(CCC(=O)O)Cc1ccccc1. The molecule has 0 aliphatic rings. The van der Waals surface area contributed by atoms with Gasteiger partial charge in [-0.05, 0) is 32.3 Å². The zero-order chi connectivity index (χ0) is 18.9. The van der Waals surface area contributed by atoms with Gasteiger partial charge in [0.25, 0.3) is 0 Å². The lowest BCUT2D eigenvalue weighted by Crippen LogP contribution is -2.38. The zero-order valence-electron chi connectivity index (χ0n) is 15.0. The van der Waals surface area contributed by atoms with Crippen molar-refractivity contribution in [1.29, 1.82) is 0 Å².